The zero-order chi connectivity index (χ0) is 34.7. The lowest BCUT2D eigenvalue weighted by Crippen LogP contribution is -2.12. The smallest absolute Gasteiger partial charge is 0.0540 e. The molecule has 0 amide bonds. The van der Waals surface area contributed by atoms with E-state index in [-0.39, 0.29) is 0 Å². The number of hydrogen-bond acceptors (Lipinski definition) is 2. The van der Waals surface area contributed by atoms with Crippen LogP contribution in [0.3, 0.4) is 0 Å². The minimum Gasteiger partial charge on any atom is -0.310 e. The number of para-hydroxylation sites is 1. The zero-order valence-electron chi connectivity index (χ0n) is 28.9. The number of fused-ring (bicyclic) bond motifs is 2. The van der Waals surface area contributed by atoms with Crippen LogP contribution in [0, 0.1) is 0 Å². The fourth-order valence-electron chi connectivity index (χ4n) is 7.52. The molecule has 0 heterocycles. The molecule has 0 spiro atoms. The van der Waals surface area contributed by atoms with E-state index in [4.69, 9.17) is 0 Å². The molecule has 0 atom stereocenters. The first-order valence-electron chi connectivity index (χ1n) is 18.1. The molecule has 9 rings (SSSR count). The van der Waals surface area contributed by atoms with Crippen molar-refractivity contribution in [2.75, 3.05) is 9.80 Å². The number of hydrogen-bond donors (Lipinski definition) is 0. The Morgan fingerprint density at radius 1 is 0.346 bits per heavy atom. The topological polar surface area (TPSA) is 6.48 Å². The second-order valence-electron chi connectivity index (χ2n) is 13.3. The summed E-state index contributed by atoms with van der Waals surface area (Å²) < 4.78 is 0. The molecule has 8 aromatic carbocycles. The van der Waals surface area contributed by atoms with Crippen molar-refractivity contribution in [1.29, 1.82) is 0 Å². The third kappa shape index (κ3) is 6.05. The lowest BCUT2D eigenvalue weighted by molar-refractivity contribution is 0.984. The molecule has 8 aromatic rings. The summed E-state index contributed by atoms with van der Waals surface area (Å²) in [5.74, 6) is 0. The molecule has 0 radical (unpaired) electrons. The van der Waals surface area contributed by atoms with Crippen LogP contribution < -0.4 is 9.80 Å². The first-order chi connectivity index (χ1) is 25.8. The summed E-state index contributed by atoms with van der Waals surface area (Å²) in [6.07, 6.45) is 6.76. The van der Waals surface area contributed by atoms with Crippen LogP contribution >= 0.6 is 0 Å². The van der Waals surface area contributed by atoms with Gasteiger partial charge < -0.3 is 9.80 Å². The van der Waals surface area contributed by atoms with Gasteiger partial charge in [-0.3, -0.25) is 0 Å². The van der Waals surface area contributed by atoms with Gasteiger partial charge >= 0.3 is 0 Å². The van der Waals surface area contributed by atoms with E-state index in [1.165, 1.54) is 49.8 Å². The van der Waals surface area contributed by atoms with Gasteiger partial charge in [0.1, 0.15) is 0 Å². The molecule has 0 unspecified atom stereocenters. The third-order valence-electron chi connectivity index (χ3n) is 10.1. The molecule has 0 N–H and O–H groups in total. The van der Waals surface area contributed by atoms with Gasteiger partial charge in [0.2, 0.25) is 0 Å². The van der Waals surface area contributed by atoms with Crippen molar-refractivity contribution < 1.29 is 0 Å². The summed E-state index contributed by atoms with van der Waals surface area (Å²) in [6, 6.07) is 70.0. The van der Waals surface area contributed by atoms with Crippen molar-refractivity contribution in [3.05, 3.63) is 211 Å². The number of aryl methyl sites for hydroxylation is 1. The maximum Gasteiger partial charge on any atom is 0.0540 e. The standard InChI is InChI=1S/C50H38N2/c1-3-13-37(14-4-1)38-25-31-45(32-26-38)52(50-24-12-18-42-16-8-10-22-48(42)50)46-35-29-40(30-36-46)39-27-33-44(34-28-39)51(43-19-5-2-6-20-43)49-23-11-17-41-15-7-9-21-47(41)49/h1-6,8-14,16-36H,7,15H2. The quantitative estimate of drug-likeness (QED) is 0.159. The average molecular weight is 667 g/mol. The summed E-state index contributed by atoms with van der Waals surface area (Å²) in [5.41, 5.74) is 14.4. The van der Waals surface area contributed by atoms with Gasteiger partial charge in [-0.05, 0) is 107 Å². The third-order valence-corrected chi connectivity index (χ3v) is 10.1. The Balaban J connectivity index is 1.07. The van der Waals surface area contributed by atoms with Gasteiger partial charge in [0.05, 0.1) is 11.4 Å². The van der Waals surface area contributed by atoms with E-state index in [0.29, 0.717) is 0 Å². The number of nitrogens with zero attached hydrogens (tertiary/aromatic N) is 2. The molecule has 52 heavy (non-hydrogen) atoms. The van der Waals surface area contributed by atoms with Gasteiger partial charge in [0.15, 0.2) is 0 Å². The van der Waals surface area contributed by atoms with Crippen molar-refractivity contribution in [2.24, 2.45) is 0 Å². The van der Waals surface area contributed by atoms with Gasteiger partial charge in [-0.15, -0.1) is 0 Å². The van der Waals surface area contributed by atoms with E-state index in [1.54, 1.807) is 0 Å². The van der Waals surface area contributed by atoms with Gasteiger partial charge in [0, 0.05) is 33.7 Å². The Labute approximate surface area is 306 Å². The van der Waals surface area contributed by atoms with Crippen molar-refractivity contribution in [1.82, 2.24) is 0 Å². The average Bonchev–Trinajstić information content (AvgIpc) is 3.23. The second kappa shape index (κ2) is 13.9. The highest BCUT2D eigenvalue weighted by Crippen LogP contribution is 2.42. The van der Waals surface area contributed by atoms with Crippen LogP contribution in [0.5, 0.6) is 0 Å². The van der Waals surface area contributed by atoms with Crippen LogP contribution in [0.2, 0.25) is 0 Å². The molecule has 1 aliphatic carbocycles. The minimum atomic E-state index is 1.08. The van der Waals surface area contributed by atoms with Gasteiger partial charge in [-0.1, -0.05) is 146 Å². The van der Waals surface area contributed by atoms with E-state index in [9.17, 15) is 0 Å². The molecule has 0 saturated carbocycles. The van der Waals surface area contributed by atoms with Crippen molar-refractivity contribution in [3.63, 3.8) is 0 Å². The molecule has 0 saturated heterocycles. The zero-order valence-corrected chi connectivity index (χ0v) is 28.9. The molecule has 2 nitrogen and oxygen atoms in total. The van der Waals surface area contributed by atoms with Crippen LogP contribution in [0.1, 0.15) is 17.5 Å². The monoisotopic (exact) mass is 666 g/mol. The van der Waals surface area contributed by atoms with Crippen LogP contribution in [-0.4, -0.2) is 0 Å². The summed E-state index contributed by atoms with van der Waals surface area (Å²) in [7, 11) is 0. The fourth-order valence-corrected chi connectivity index (χ4v) is 7.52. The second-order valence-corrected chi connectivity index (χ2v) is 13.3. The van der Waals surface area contributed by atoms with E-state index in [1.807, 2.05) is 0 Å². The highest BCUT2D eigenvalue weighted by molar-refractivity contribution is 5.99. The Kier molecular flexibility index (Phi) is 8.40. The predicted molar refractivity (Wildman–Crippen MR) is 222 cm³/mol. The highest BCUT2D eigenvalue weighted by Gasteiger charge is 2.19. The predicted octanol–water partition coefficient (Wildman–Crippen LogP) is 14.1. The summed E-state index contributed by atoms with van der Waals surface area (Å²) >= 11 is 0. The molecular formula is C50H38N2. The Bertz CT molecular complexity index is 2480. The normalized spacial score (nSPS) is 12.0. The SMILES string of the molecule is C1=Cc2c(cccc2N(c2ccccc2)c2ccc(-c3ccc(N(c4ccc(-c5ccccc5)cc4)c4cccc5ccccc45)cc3)cc2)CC1. The highest BCUT2D eigenvalue weighted by atomic mass is 15.1. The molecule has 0 aliphatic heterocycles. The Morgan fingerprint density at radius 3 is 1.44 bits per heavy atom. The van der Waals surface area contributed by atoms with E-state index < -0.39 is 0 Å². The molecule has 0 bridgehead atoms. The first kappa shape index (κ1) is 31.3. The number of allylic oxidation sites excluding steroid dienone is 1. The maximum atomic E-state index is 2.38. The fraction of sp³-hybridized carbons (Fsp3) is 0.0400. The van der Waals surface area contributed by atoms with E-state index in [0.717, 1.165) is 41.3 Å². The van der Waals surface area contributed by atoms with Crippen molar-refractivity contribution >= 4 is 51.0 Å². The van der Waals surface area contributed by atoms with Crippen molar-refractivity contribution in [3.8, 4) is 22.3 Å². The van der Waals surface area contributed by atoms with E-state index >= 15 is 0 Å². The number of anilines is 6. The molecule has 0 aromatic heterocycles. The number of rotatable bonds is 8. The van der Waals surface area contributed by atoms with Crippen LogP contribution in [-0.2, 0) is 6.42 Å². The van der Waals surface area contributed by atoms with Gasteiger partial charge in [-0.2, -0.15) is 0 Å². The van der Waals surface area contributed by atoms with Crippen LogP contribution in [0.4, 0.5) is 34.1 Å². The minimum absolute atomic E-state index is 1.08. The first-order valence-corrected chi connectivity index (χ1v) is 18.1. The Morgan fingerprint density at radius 2 is 0.808 bits per heavy atom. The molecule has 248 valence electrons. The van der Waals surface area contributed by atoms with Crippen LogP contribution in [0.25, 0.3) is 39.1 Å². The molecule has 0 fully saturated rings. The van der Waals surface area contributed by atoms with Crippen molar-refractivity contribution in [2.45, 2.75) is 12.8 Å². The largest absolute Gasteiger partial charge is 0.310 e. The maximum absolute atomic E-state index is 2.38. The van der Waals surface area contributed by atoms with E-state index in [2.05, 4.69) is 216 Å². The summed E-state index contributed by atoms with van der Waals surface area (Å²) in [4.78, 5) is 4.75. The van der Waals surface area contributed by atoms with Crippen LogP contribution in [0.15, 0.2) is 200 Å². The van der Waals surface area contributed by atoms with Gasteiger partial charge in [-0.25, -0.2) is 0 Å². The lowest BCUT2D eigenvalue weighted by Gasteiger charge is -2.29. The molecular weight excluding hydrogens is 629 g/mol. The lowest BCUT2D eigenvalue weighted by atomic mass is 9.95. The van der Waals surface area contributed by atoms with Gasteiger partial charge in [0.25, 0.3) is 0 Å². The Hall–Kier alpha value is -6.64. The summed E-state index contributed by atoms with van der Waals surface area (Å²) in [6.45, 7) is 0. The molecule has 2 heteroatoms. The number of benzene rings is 8. The summed E-state index contributed by atoms with van der Waals surface area (Å²) in [5, 5.41) is 2.44. The molecule has 1 aliphatic rings.